The van der Waals surface area contributed by atoms with Gasteiger partial charge in [-0.1, -0.05) is 6.07 Å². The molecule has 0 fully saturated rings. The molecule has 216 valence electrons. The fraction of sp³-hybridized carbons (Fsp3) is 0.0968. The van der Waals surface area contributed by atoms with Crippen LogP contribution in [0.15, 0.2) is 60.0 Å². The summed E-state index contributed by atoms with van der Waals surface area (Å²) in [5, 5.41) is 15.2. The molecule has 5 N–H and O–H groups in total. The molecule has 0 atom stereocenters. The van der Waals surface area contributed by atoms with E-state index < -0.39 is 5.91 Å². The molecule has 3 heterocycles. The maximum atomic E-state index is 13.4. The van der Waals surface area contributed by atoms with Crippen molar-refractivity contribution < 1.29 is 23.8 Å². The van der Waals surface area contributed by atoms with Gasteiger partial charge in [0.2, 0.25) is 5.75 Å². The number of allylic oxidation sites excluding steroid dienone is 1. The van der Waals surface area contributed by atoms with Gasteiger partial charge in [0.25, 0.3) is 5.91 Å². The minimum absolute atomic E-state index is 0.0136. The summed E-state index contributed by atoms with van der Waals surface area (Å²) in [5.74, 6) is 0.442. The standard InChI is InChI=1S/C31H25N5O5S2/c1-39-22-13-17(14-23(40-2)27(22)41-3)24-20(15-32)29(34)36-31-25(24)26(33)28(43-31)30(38)35-18-8-6-16(7-9-18)21(37)11-10-19-5-4-12-42-19/h4-14H,33H2,1-3H3,(H2,34,36)(H,35,38). The van der Waals surface area contributed by atoms with Crippen LogP contribution in [0.2, 0.25) is 0 Å². The van der Waals surface area contributed by atoms with Gasteiger partial charge in [-0.15, -0.1) is 22.7 Å². The number of thiophene rings is 2. The number of rotatable bonds is 9. The highest BCUT2D eigenvalue weighted by molar-refractivity contribution is 7.21. The smallest absolute Gasteiger partial charge is 0.267 e. The van der Waals surface area contributed by atoms with E-state index in [1.54, 1.807) is 42.5 Å². The number of nitrogens with two attached hydrogens (primary N) is 2. The Morgan fingerprint density at radius 3 is 2.30 bits per heavy atom. The van der Waals surface area contributed by atoms with Gasteiger partial charge in [-0.2, -0.15) is 5.26 Å². The number of fused-ring (bicyclic) bond motifs is 1. The Balaban J connectivity index is 1.50. The first-order valence-electron chi connectivity index (χ1n) is 12.7. The summed E-state index contributed by atoms with van der Waals surface area (Å²) in [5.41, 5.74) is 14.8. The highest BCUT2D eigenvalue weighted by Crippen LogP contribution is 2.47. The second-order valence-corrected chi connectivity index (χ2v) is 11.0. The lowest BCUT2D eigenvalue weighted by atomic mass is 9.96. The number of nitriles is 1. The molecule has 2 aromatic carbocycles. The maximum Gasteiger partial charge on any atom is 0.267 e. The number of pyridine rings is 1. The lowest BCUT2D eigenvalue weighted by molar-refractivity contribution is 0.102. The summed E-state index contributed by atoms with van der Waals surface area (Å²) < 4.78 is 16.4. The van der Waals surface area contributed by atoms with Crippen LogP contribution >= 0.6 is 22.7 Å². The van der Waals surface area contributed by atoms with Crippen molar-refractivity contribution in [1.82, 2.24) is 4.98 Å². The van der Waals surface area contributed by atoms with E-state index in [0.29, 0.717) is 49.8 Å². The van der Waals surface area contributed by atoms with E-state index in [2.05, 4.69) is 16.4 Å². The van der Waals surface area contributed by atoms with Gasteiger partial charge in [0.1, 0.15) is 27.2 Å². The van der Waals surface area contributed by atoms with Crippen molar-refractivity contribution in [2.24, 2.45) is 0 Å². The molecule has 0 aliphatic heterocycles. The summed E-state index contributed by atoms with van der Waals surface area (Å²) in [4.78, 5) is 31.8. The summed E-state index contributed by atoms with van der Waals surface area (Å²) in [6.45, 7) is 0. The number of nitrogens with one attached hydrogen (secondary N) is 1. The predicted octanol–water partition coefficient (Wildman–Crippen LogP) is 6.24. The average molecular weight is 612 g/mol. The summed E-state index contributed by atoms with van der Waals surface area (Å²) in [6.07, 6.45) is 3.27. The largest absolute Gasteiger partial charge is 0.493 e. The normalized spacial score (nSPS) is 10.9. The number of anilines is 3. The van der Waals surface area contributed by atoms with E-state index in [4.69, 9.17) is 25.7 Å². The van der Waals surface area contributed by atoms with Crippen LogP contribution in [0.25, 0.3) is 27.4 Å². The van der Waals surface area contributed by atoms with Gasteiger partial charge >= 0.3 is 0 Å². The Labute approximate surface area is 254 Å². The monoisotopic (exact) mass is 611 g/mol. The third-order valence-electron chi connectivity index (χ3n) is 6.55. The molecule has 12 heteroatoms. The number of methoxy groups -OCH3 is 3. The number of ketones is 1. The number of ether oxygens (including phenoxy) is 3. The Bertz CT molecular complexity index is 1900. The molecule has 0 saturated heterocycles. The molecular formula is C31H25N5O5S2. The van der Waals surface area contributed by atoms with Gasteiger partial charge in [-0.05, 0) is 65.6 Å². The number of nitrogens with zero attached hydrogens (tertiary/aromatic N) is 2. The third-order valence-corrected chi connectivity index (χ3v) is 8.48. The van der Waals surface area contributed by atoms with Gasteiger partial charge < -0.3 is 31.0 Å². The molecule has 5 aromatic rings. The number of nitrogen functional groups attached to an aromatic ring is 2. The van der Waals surface area contributed by atoms with E-state index in [0.717, 1.165) is 16.2 Å². The van der Waals surface area contributed by atoms with Crippen molar-refractivity contribution in [3.63, 3.8) is 0 Å². The van der Waals surface area contributed by atoms with Crippen molar-refractivity contribution in [2.75, 3.05) is 38.1 Å². The Hall–Kier alpha value is -5.38. The van der Waals surface area contributed by atoms with Crippen LogP contribution in [0.3, 0.4) is 0 Å². The third kappa shape index (κ3) is 5.59. The lowest BCUT2D eigenvalue weighted by Gasteiger charge is -2.16. The molecule has 43 heavy (non-hydrogen) atoms. The highest BCUT2D eigenvalue weighted by Gasteiger charge is 2.26. The predicted molar refractivity (Wildman–Crippen MR) is 170 cm³/mol. The quantitative estimate of drug-likeness (QED) is 0.129. The first kappa shape index (κ1) is 29.1. The molecule has 1 amide bonds. The molecule has 0 radical (unpaired) electrons. The number of carbonyl (C=O) groups excluding carboxylic acids is 2. The Morgan fingerprint density at radius 1 is 1.02 bits per heavy atom. The molecule has 0 saturated carbocycles. The van der Waals surface area contributed by atoms with Crippen molar-refractivity contribution in [2.45, 2.75) is 0 Å². The zero-order valence-electron chi connectivity index (χ0n) is 23.3. The van der Waals surface area contributed by atoms with E-state index >= 15 is 0 Å². The average Bonchev–Trinajstić information content (AvgIpc) is 3.66. The van der Waals surface area contributed by atoms with Gasteiger partial charge in [0.05, 0.1) is 27.0 Å². The molecule has 0 unspecified atom stereocenters. The molecular weight excluding hydrogens is 587 g/mol. The first-order valence-corrected chi connectivity index (χ1v) is 14.4. The molecule has 0 aliphatic rings. The Kier molecular flexibility index (Phi) is 8.29. The van der Waals surface area contributed by atoms with Crippen LogP contribution in [-0.2, 0) is 0 Å². The minimum Gasteiger partial charge on any atom is -0.493 e. The number of amides is 1. The topological polar surface area (TPSA) is 163 Å². The zero-order valence-corrected chi connectivity index (χ0v) is 24.9. The maximum absolute atomic E-state index is 13.4. The highest BCUT2D eigenvalue weighted by atomic mass is 32.1. The van der Waals surface area contributed by atoms with Gasteiger partial charge in [0.15, 0.2) is 17.3 Å². The van der Waals surface area contributed by atoms with Crippen LogP contribution in [0.4, 0.5) is 17.2 Å². The number of benzene rings is 2. The molecule has 0 bridgehead atoms. The molecule has 5 rings (SSSR count). The SMILES string of the molecule is COc1cc(-c2c(C#N)c(N)nc3sc(C(=O)Nc4ccc(C(=O)C=Cc5cccs5)cc4)c(N)c23)cc(OC)c1OC. The minimum atomic E-state index is -0.481. The lowest BCUT2D eigenvalue weighted by Crippen LogP contribution is -2.12. The van der Waals surface area contributed by atoms with E-state index in [9.17, 15) is 14.9 Å². The Morgan fingerprint density at radius 2 is 1.72 bits per heavy atom. The number of hydrogen-bond acceptors (Lipinski definition) is 11. The van der Waals surface area contributed by atoms with Crippen LogP contribution < -0.4 is 31.0 Å². The number of carbonyl (C=O) groups is 2. The van der Waals surface area contributed by atoms with Crippen molar-refractivity contribution in [1.29, 1.82) is 5.26 Å². The van der Waals surface area contributed by atoms with Gasteiger partial charge in [-0.25, -0.2) is 4.98 Å². The van der Waals surface area contributed by atoms with Gasteiger partial charge in [0, 0.05) is 27.1 Å². The second kappa shape index (κ2) is 12.2. The van der Waals surface area contributed by atoms with Crippen LogP contribution in [0.5, 0.6) is 17.2 Å². The number of hydrogen-bond donors (Lipinski definition) is 3. The second-order valence-electron chi connectivity index (χ2n) is 9.04. The van der Waals surface area contributed by atoms with Crippen molar-refractivity contribution >= 4 is 67.8 Å². The summed E-state index contributed by atoms with van der Waals surface area (Å²) >= 11 is 2.58. The van der Waals surface area contributed by atoms with Crippen LogP contribution in [0, 0.1) is 11.3 Å². The van der Waals surface area contributed by atoms with Crippen LogP contribution in [0.1, 0.15) is 30.5 Å². The number of aromatic nitrogens is 1. The van der Waals surface area contributed by atoms with Crippen LogP contribution in [-0.4, -0.2) is 38.0 Å². The first-order chi connectivity index (χ1) is 20.8. The van der Waals surface area contributed by atoms with Crippen molar-refractivity contribution in [3.05, 3.63) is 80.9 Å². The molecule has 10 nitrogen and oxygen atoms in total. The molecule has 0 aliphatic carbocycles. The van der Waals surface area contributed by atoms with E-state index in [-0.39, 0.29) is 27.7 Å². The van der Waals surface area contributed by atoms with E-state index in [1.165, 1.54) is 38.7 Å². The molecule has 3 aromatic heterocycles. The fourth-order valence-corrected chi connectivity index (χ4v) is 6.14. The fourth-order valence-electron chi connectivity index (χ4n) is 4.51. The molecule has 0 spiro atoms. The zero-order chi connectivity index (χ0) is 30.7. The van der Waals surface area contributed by atoms with E-state index in [1.807, 2.05) is 17.5 Å². The van der Waals surface area contributed by atoms with Gasteiger partial charge in [-0.3, -0.25) is 9.59 Å². The summed E-state index contributed by atoms with van der Waals surface area (Å²) in [7, 11) is 4.45. The van der Waals surface area contributed by atoms with Crippen molar-refractivity contribution in [3.8, 4) is 34.4 Å². The summed E-state index contributed by atoms with van der Waals surface area (Å²) in [6, 6.07) is 15.8.